The van der Waals surface area contributed by atoms with Crippen LogP contribution in [0.5, 0.6) is 0 Å². The summed E-state index contributed by atoms with van der Waals surface area (Å²) in [6.45, 7) is 10.9. The van der Waals surface area contributed by atoms with E-state index in [9.17, 15) is 20.0 Å². The highest BCUT2D eigenvalue weighted by atomic mass is 16.6. The van der Waals surface area contributed by atoms with E-state index < -0.39 is 4.92 Å². The van der Waals surface area contributed by atoms with E-state index in [4.69, 9.17) is 0 Å². The number of nitrogens with zero attached hydrogens (tertiary/aromatic N) is 6. The first-order valence-corrected chi connectivity index (χ1v) is 17.8. The van der Waals surface area contributed by atoms with Gasteiger partial charge in [0.25, 0.3) is 5.69 Å². The van der Waals surface area contributed by atoms with Gasteiger partial charge in [0.2, 0.25) is 5.78 Å². The number of carbonyl (C=O) groups excluding carboxylic acids is 1. The first kappa shape index (κ1) is 36.6. The van der Waals surface area contributed by atoms with Crippen LogP contribution in [0, 0.1) is 10.1 Å². The van der Waals surface area contributed by atoms with E-state index >= 15 is 0 Å². The highest BCUT2D eigenvalue weighted by Crippen LogP contribution is 2.39. The zero-order valence-corrected chi connectivity index (χ0v) is 30.0. The lowest BCUT2D eigenvalue weighted by Crippen LogP contribution is -2.31. The number of hydrogen-bond donors (Lipinski definition) is 1. The Labute approximate surface area is 300 Å². The van der Waals surface area contributed by atoms with Crippen LogP contribution >= 0.6 is 0 Å². The van der Waals surface area contributed by atoms with Crippen molar-refractivity contribution in [3.8, 4) is 0 Å². The highest BCUT2D eigenvalue weighted by molar-refractivity contribution is 6.39. The lowest BCUT2D eigenvalue weighted by Gasteiger charge is -2.26. The zero-order chi connectivity index (χ0) is 36.3. The molecule has 0 amide bonds. The Balaban J connectivity index is 1.19. The van der Waals surface area contributed by atoms with Crippen LogP contribution in [-0.2, 0) is 4.79 Å². The molecule has 51 heavy (non-hydrogen) atoms. The third-order valence-corrected chi connectivity index (χ3v) is 9.25. The molecule has 0 aliphatic heterocycles. The highest BCUT2D eigenvalue weighted by Gasteiger charge is 2.36. The lowest BCUT2D eigenvalue weighted by molar-refractivity contribution is -0.493. The second-order valence-electron chi connectivity index (χ2n) is 12.7. The summed E-state index contributed by atoms with van der Waals surface area (Å²) in [5.74, 6) is -0.0762. The van der Waals surface area contributed by atoms with Crippen molar-refractivity contribution in [3.05, 3.63) is 130 Å². The second kappa shape index (κ2) is 17.3. The third kappa shape index (κ3) is 8.94. The molecule has 3 aromatic rings. The van der Waals surface area contributed by atoms with Gasteiger partial charge in [-0.3, -0.25) is 14.9 Å². The number of hydrogen-bond acceptors (Lipinski definition) is 8. The quantitative estimate of drug-likeness (QED) is 0.0528. The van der Waals surface area contributed by atoms with Gasteiger partial charge in [-0.25, -0.2) is 4.58 Å². The van der Waals surface area contributed by atoms with Crippen LogP contribution in [0.3, 0.4) is 0 Å². The number of likely N-dealkylation sites (N-methyl/N-ethyl adjacent to an activating group) is 2. The molecule has 0 bridgehead atoms. The summed E-state index contributed by atoms with van der Waals surface area (Å²) in [5.41, 5.74) is 6.67. The molecule has 0 radical (unpaired) electrons. The smallest absolute Gasteiger partial charge is 0.269 e. The molecule has 10 nitrogen and oxygen atoms in total. The SMILES string of the molecule is CCCCN(CCCC)c1ccc(C2=C(O)C(=C3C=CC(=[N+](C)CCN(CC)c4ccc(N=Nc5ccc([N+](=O)[O-])cc5)cc4)C=C3)C2=O)cc1. The summed E-state index contributed by atoms with van der Waals surface area (Å²) in [7, 11) is 2.04. The Bertz CT molecular complexity index is 1880. The number of aliphatic hydroxyl groups is 1. The fourth-order valence-electron chi connectivity index (χ4n) is 6.08. The van der Waals surface area contributed by atoms with E-state index in [1.165, 1.54) is 12.1 Å². The number of carbonyl (C=O) groups is 1. The van der Waals surface area contributed by atoms with Crippen molar-refractivity contribution < 1.29 is 19.4 Å². The van der Waals surface area contributed by atoms with Crippen molar-refractivity contribution in [1.29, 1.82) is 0 Å². The predicted octanol–water partition coefficient (Wildman–Crippen LogP) is 9.30. The van der Waals surface area contributed by atoms with Crippen LogP contribution in [0.1, 0.15) is 52.0 Å². The second-order valence-corrected chi connectivity index (χ2v) is 12.7. The maximum atomic E-state index is 13.3. The molecule has 3 aromatic carbocycles. The molecular formula is C41H47N6O4+. The molecular weight excluding hydrogens is 640 g/mol. The van der Waals surface area contributed by atoms with Crippen molar-refractivity contribution >= 4 is 45.5 Å². The molecule has 0 fully saturated rings. The van der Waals surface area contributed by atoms with Gasteiger partial charge in [0, 0.05) is 55.3 Å². The van der Waals surface area contributed by atoms with E-state index in [0.29, 0.717) is 28.1 Å². The largest absolute Gasteiger partial charge is 0.506 e. The van der Waals surface area contributed by atoms with Gasteiger partial charge in [0.15, 0.2) is 12.3 Å². The van der Waals surface area contributed by atoms with Crippen LogP contribution < -0.4 is 9.80 Å². The monoisotopic (exact) mass is 687 g/mol. The molecule has 2 aliphatic rings. The molecule has 1 N–H and O–H groups in total. The zero-order valence-electron chi connectivity index (χ0n) is 30.0. The Kier molecular flexibility index (Phi) is 12.5. The number of non-ortho nitro benzene ring substituents is 1. The molecule has 0 unspecified atom stereocenters. The Morgan fingerprint density at radius 3 is 1.75 bits per heavy atom. The van der Waals surface area contributed by atoms with Crippen molar-refractivity contribution in [2.24, 2.45) is 10.2 Å². The molecule has 0 saturated heterocycles. The van der Waals surface area contributed by atoms with Gasteiger partial charge in [-0.05, 0) is 91.6 Å². The van der Waals surface area contributed by atoms with Crippen LogP contribution in [0.15, 0.2) is 124 Å². The summed E-state index contributed by atoms with van der Waals surface area (Å²) >= 11 is 0. The normalized spacial score (nSPS) is 14.0. The van der Waals surface area contributed by atoms with Crippen molar-refractivity contribution in [1.82, 2.24) is 0 Å². The molecule has 0 aromatic heterocycles. The van der Waals surface area contributed by atoms with Crippen LogP contribution in [0.4, 0.5) is 28.4 Å². The van der Waals surface area contributed by atoms with Crippen LogP contribution in [0.25, 0.3) is 5.57 Å². The fraction of sp³-hybridized carbons (Fsp3) is 0.317. The summed E-state index contributed by atoms with van der Waals surface area (Å²) in [4.78, 5) is 28.4. The van der Waals surface area contributed by atoms with Crippen LogP contribution in [-0.4, -0.2) is 65.9 Å². The standard InChI is InChI=1S/C41H46N6O4/c1-5-8-26-46(27-9-6-2)36-20-12-31(13-21-36)39-40(48)38(41(39)49)30-10-18-34(19-11-30)44(4)28-29-45(7-3)35-22-14-32(15-23-35)42-43-33-16-24-37(25-17-33)47(50)51/h10-25H,5-9,26-29H2,1-4H3/p+1. The minimum Gasteiger partial charge on any atom is -0.506 e. The van der Waals surface area contributed by atoms with Crippen molar-refractivity contribution in [2.45, 2.75) is 46.5 Å². The van der Waals surface area contributed by atoms with E-state index in [1.54, 1.807) is 12.1 Å². The van der Waals surface area contributed by atoms with Gasteiger partial charge in [-0.2, -0.15) is 10.2 Å². The Morgan fingerprint density at radius 2 is 1.24 bits per heavy atom. The third-order valence-electron chi connectivity index (χ3n) is 9.25. The van der Waals surface area contributed by atoms with Gasteiger partial charge in [-0.1, -0.05) is 38.8 Å². The average Bonchev–Trinajstić information content (AvgIpc) is 3.15. The average molecular weight is 688 g/mol. The molecule has 10 heteroatoms. The molecule has 0 spiro atoms. The molecule has 0 atom stereocenters. The van der Waals surface area contributed by atoms with E-state index in [2.05, 4.69) is 57.5 Å². The predicted molar refractivity (Wildman–Crippen MR) is 206 cm³/mol. The van der Waals surface area contributed by atoms with Crippen LogP contribution in [0.2, 0.25) is 0 Å². The van der Waals surface area contributed by atoms with Gasteiger partial charge in [0.1, 0.15) is 12.8 Å². The van der Waals surface area contributed by atoms with Crippen molar-refractivity contribution in [2.75, 3.05) is 49.6 Å². The summed E-state index contributed by atoms with van der Waals surface area (Å²) in [6.07, 6.45) is 12.3. The number of nitro benzene ring substituents is 1. The Morgan fingerprint density at radius 1 is 0.706 bits per heavy atom. The number of Topliss-reactive ketones (excluding diaryl/α,β-unsaturated/α-hetero) is 1. The minimum absolute atomic E-state index is 0.0146. The number of ketones is 1. The summed E-state index contributed by atoms with van der Waals surface area (Å²) in [6, 6.07) is 21.8. The van der Waals surface area contributed by atoms with Crippen molar-refractivity contribution in [3.63, 3.8) is 0 Å². The summed E-state index contributed by atoms with van der Waals surface area (Å²) in [5, 5.41) is 30.3. The topological polar surface area (TPSA) is 115 Å². The summed E-state index contributed by atoms with van der Waals surface area (Å²) < 4.78 is 2.17. The number of azo groups is 1. The van der Waals surface area contributed by atoms with Gasteiger partial charge < -0.3 is 14.9 Å². The van der Waals surface area contributed by atoms with E-state index in [-0.39, 0.29) is 17.2 Å². The number of rotatable bonds is 16. The van der Waals surface area contributed by atoms with E-state index in [1.807, 2.05) is 67.7 Å². The number of allylic oxidation sites excluding steroid dienone is 7. The number of anilines is 2. The molecule has 2 aliphatic carbocycles. The molecule has 0 heterocycles. The minimum atomic E-state index is -0.444. The molecule has 0 saturated carbocycles. The maximum Gasteiger partial charge on any atom is 0.269 e. The lowest BCUT2D eigenvalue weighted by atomic mass is 9.80. The number of benzene rings is 3. The Hall–Kier alpha value is -5.64. The van der Waals surface area contributed by atoms with Gasteiger partial charge in [0.05, 0.1) is 34.0 Å². The number of aliphatic hydroxyl groups excluding tert-OH is 1. The van der Waals surface area contributed by atoms with E-state index in [0.717, 1.165) is 81.1 Å². The molecule has 264 valence electrons. The van der Waals surface area contributed by atoms with Gasteiger partial charge >= 0.3 is 0 Å². The number of unbranched alkanes of at least 4 members (excludes halogenated alkanes) is 2. The number of nitro groups is 1. The fourth-order valence-corrected chi connectivity index (χ4v) is 6.08. The van der Waals surface area contributed by atoms with Gasteiger partial charge in [-0.15, -0.1) is 0 Å². The maximum absolute atomic E-state index is 13.3. The first-order chi connectivity index (χ1) is 24.7. The first-order valence-electron chi connectivity index (χ1n) is 17.8. The molecule has 5 rings (SSSR count).